The van der Waals surface area contributed by atoms with E-state index in [-0.39, 0.29) is 11.3 Å². The van der Waals surface area contributed by atoms with Crippen molar-refractivity contribution in [3.8, 4) is 0 Å². The van der Waals surface area contributed by atoms with Gasteiger partial charge >= 0.3 is 0 Å². The van der Waals surface area contributed by atoms with Crippen molar-refractivity contribution in [1.82, 2.24) is 10.3 Å². The summed E-state index contributed by atoms with van der Waals surface area (Å²) in [6.45, 7) is 0.378. The van der Waals surface area contributed by atoms with Gasteiger partial charge in [-0.2, -0.15) is 0 Å². The summed E-state index contributed by atoms with van der Waals surface area (Å²) in [4.78, 5) is 28.1. The summed E-state index contributed by atoms with van der Waals surface area (Å²) in [6, 6.07) is 10.7. The molecule has 3 rings (SSSR count). The summed E-state index contributed by atoms with van der Waals surface area (Å²) >= 11 is 0. The molecule has 23 heavy (non-hydrogen) atoms. The standard InChI is InChI=1S/C18H14N2O3/c21-17(20-11-13-4-3-9-19-10-13)8-7-14-12-23-16-6-2-1-5-15(16)18(14)22/h1-10,12H,11H2,(H,20,21)/b8-7+. The van der Waals surface area contributed by atoms with Gasteiger partial charge in [0.25, 0.3) is 0 Å². The smallest absolute Gasteiger partial charge is 0.244 e. The van der Waals surface area contributed by atoms with Gasteiger partial charge < -0.3 is 9.73 Å². The van der Waals surface area contributed by atoms with E-state index in [1.165, 1.54) is 18.4 Å². The van der Waals surface area contributed by atoms with E-state index in [9.17, 15) is 9.59 Å². The third kappa shape index (κ3) is 3.52. The summed E-state index contributed by atoms with van der Waals surface area (Å²) in [7, 11) is 0. The number of hydrogen-bond acceptors (Lipinski definition) is 4. The van der Waals surface area contributed by atoms with Crippen molar-refractivity contribution in [1.29, 1.82) is 0 Å². The predicted molar refractivity (Wildman–Crippen MR) is 87.6 cm³/mol. The highest BCUT2D eigenvalue weighted by Crippen LogP contribution is 2.11. The molecule has 5 nitrogen and oxygen atoms in total. The molecule has 0 bridgehead atoms. The van der Waals surface area contributed by atoms with Gasteiger partial charge in [-0.25, -0.2) is 0 Å². The third-order valence-corrected chi connectivity index (χ3v) is 3.31. The highest BCUT2D eigenvalue weighted by Gasteiger charge is 2.04. The Bertz CT molecular complexity index is 914. The second kappa shape index (κ2) is 6.70. The maximum atomic E-state index is 12.3. The molecule has 2 aromatic heterocycles. The lowest BCUT2D eigenvalue weighted by Gasteiger charge is -2.01. The van der Waals surface area contributed by atoms with E-state index in [4.69, 9.17) is 4.42 Å². The lowest BCUT2D eigenvalue weighted by Crippen LogP contribution is -2.20. The predicted octanol–water partition coefficient (Wildman–Crippen LogP) is 2.52. The number of rotatable bonds is 4. The van der Waals surface area contributed by atoms with E-state index in [1.54, 1.807) is 42.7 Å². The monoisotopic (exact) mass is 306 g/mol. The Morgan fingerprint density at radius 3 is 2.91 bits per heavy atom. The maximum Gasteiger partial charge on any atom is 0.244 e. The number of aromatic nitrogens is 1. The van der Waals surface area contributed by atoms with Crippen LogP contribution in [0.2, 0.25) is 0 Å². The highest BCUT2D eigenvalue weighted by atomic mass is 16.3. The van der Waals surface area contributed by atoms with Crippen molar-refractivity contribution in [2.45, 2.75) is 6.54 Å². The summed E-state index contributed by atoms with van der Waals surface area (Å²) in [5.41, 5.74) is 1.60. The number of amides is 1. The molecular formula is C18H14N2O3. The molecule has 1 aromatic carbocycles. The van der Waals surface area contributed by atoms with E-state index < -0.39 is 0 Å². The quantitative estimate of drug-likeness (QED) is 0.752. The van der Waals surface area contributed by atoms with Gasteiger partial charge in [0.2, 0.25) is 5.91 Å². The Balaban J connectivity index is 1.71. The van der Waals surface area contributed by atoms with Crippen LogP contribution in [0.4, 0.5) is 0 Å². The third-order valence-electron chi connectivity index (χ3n) is 3.31. The zero-order chi connectivity index (χ0) is 16.1. The summed E-state index contributed by atoms with van der Waals surface area (Å²) in [5, 5.41) is 3.22. The van der Waals surface area contributed by atoms with Crippen molar-refractivity contribution >= 4 is 23.0 Å². The zero-order valence-electron chi connectivity index (χ0n) is 12.2. The molecule has 5 heteroatoms. The average molecular weight is 306 g/mol. The molecule has 0 fully saturated rings. The topological polar surface area (TPSA) is 72.2 Å². The van der Waals surface area contributed by atoms with Crippen LogP contribution in [0, 0.1) is 0 Å². The number of carbonyl (C=O) groups is 1. The van der Waals surface area contributed by atoms with E-state index in [2.05, 4.69) is 10.3 Å². The van der Waals surface area contributed by atoms with Crippen LogP contribution in [0.25, 0.3) is 17.0 Å². The number of pyridine rings is 1. The number of nitrogens with one attached hydrogen (secondary N) is 1. The number of para-hydroxylation sites is 1. The molecule has 0 saturated heterocycles. The fourth-order valence-electron chi connectivity index (χ4n) is 2.12. The minimum atomic E-state index is -0.290. The Kier molecular flexibility index (Phi) is 4.29. The number of benzene rings is 1. The van der Waals surface area contributed by atoms with E-state index in [0.717, 1.165) is 5.56 Å². The first-order valence-corrected chi connectivity index (χ1v) is 7.09. The summed E-state index contributed by atoms with van der Waals surface area (Å²) in [6.07, 6.45) is 7.48. The van der Waals surface area contributed by atoms with Crippen molar-refractivity contribution in [3.05, 3.63) is 82.5 Å². The van der Waals surface area contributed by atoms with Gasteiger partial charge in [-0.1, -0.05) is 18.2 Å². The lowest BCUT2D eigenvalue weighted by atomic mass is 10.1. The first-order chi connectivity index (χ1) is 11.2. The van der Waals surface area contributed by atoms with Crippen LogP contribution in [0.1, 0.15) is 11.1 Å². The molecule has 0 unspecified atom stereocenters. The van der Waals surface area contributed by atoms with E-state index in [1.807, 2.05) is 6.07 Å². The van der Waals surface area contributed by atoms with Crippen LogP contribution >= 0.6 is 0 Å². The molecule has 3 aromatic rings. The summed E-state index contributed by atoms with van der Waals surface area (Å²) in [5.74, 6) is -0.290. The van der Waals surface area contributed by atoms with Crippen molar-refractivity contribution in [2.75, 3.05) is 0 Å². The Labute approximate surface area is 132 Å². The second-order valence-corrected chi connectivity index (χ2v) is 4.93. The van der Waals surface area contributed by atoms with Crippen LogP contribution < -0.4 is 10.7 Å². The van der Waals surface area contributed by atoms with Gasteiger partial charge in [-0.05, 0) is 29.8 Å². The van der Waals surface area contributed by atoms with Crippen molar-refractivity contribution in [2.24, 2.45) is 0 Å². The maximum absolute atomic E-state index is 12.3. The molecule has 1 amide bonds. The fourth-order valence-corrected chi connectivity index (χ4v) is 2.12. The van der Waals surface area contributed by atoms with E-state index in [0.29, 0.717) is 23.1 Å². The van der Waals surface area contributed by atoms with Gasteiger partial charge in [0, 0.05) is 25.0 Å². The van der Waals surface area contributed by atoms with Gasteiger partial charge in [-0.3, -0.25) is 14.6 Å². The van der Waals surface area contributed by atoms with Gasteiger partial charge in [0.05, 0.1) is 10.9 Å². The van der Waals surface area contributed by atoms with Crippen LogP contribution in [0.15, 0.2) is 70.3 Å². The largest absolute Gasteiger partial charge is 0.463 e. The van der Waals surface area contributed by atoms with Crippen molar-refractivity contribution in [3.63, 3.8) is 0 Å². The molecule has 0 aliphatic heterocycles. The molecule has 2 heterocycles. The Morgan fingerprint density at radius 2 is 2.09 bits per heavy atom. The van der Waals surface area contributed by atoms with Crippen molar-refractivity contribution < 1.29 is 9.21 Å². The second-order valence-electron chi connectivity index (χ2n) is 4.93. The molecule has 114 valence electrons. The molecule has 1 N–H and O–H groups in total. The first-order valence-electron chi connectivity index (χ1n) is 7.09. The average Bonchev–Trinajstić information content (AvgIpc) is 2.60. The SMILES string of the molecule is O=C(/C=C/c1coc2ccccc2c1=O)NCc1cccnc1. The van der Waals surface area contributed by atoms with E-state index >= 15 is 0 Å². The van der Waals surface area contributed by atoms with Gasteiger partial charge in [-0.15, -0.1) is 0 Å². The van der Waals surface area contributed by atoms with Crippen LogP contribution in [-0.2, 0) is 11.3 Å². The van der Waals surface area contributed by atoms with Gasteiger partial charge in [0.1, 0.15) is 11.8 Å². The number of nitrogens with zero attached hydrogens (tertiary/aromatic N) is 1. The molecule has 0 aliphatic carbocycles. The Hall–Kier alpha value is -3.21. The molecule has 0 saturated carbocycles. The fraction of sp³-hybridized carbons (Fsp3) is 0.0556. The normalized spacial score (nSPS) is 11.0. The highest BCUT2D eigenvalue weighted by molar-refractivity contribution is 5.92. The van der Waals surface area contributed by atoms with Crippen LogP contribution in [0.3, 0.4) is 0 Å². The molecular weight excluding hydrogens is 292 g/mol. The number of carbonyl (C=O) groups excluding carboxylic acids is 1. The van der Waals surface area contributed by atoms with Crippen LogP contribution in [0.5, 0.6) is 0 Å². The van der Waals surface area contributed by atoms with Gasteiger partial charge in [0.15, 0.2) is 5.43 Å². The minimum absolute atomic E-state index is 0.164. The summed E-state index contributed by atoms with van der Waals surface area (Å²) < 4.78 is 5.39. The molecule has 0 atom stereocenters. The molecule has 0 spiro atoms. The zero-order valence-corrected chi connectivity index (χ0v) is 12.2. The number of fused-ring (bicyclic) bond motifs is 1. The minimum Gasteiger partial charge on any atom is -0.463 e. The number of hydrogen-bond donors (Lipinski definition) is 1. The first kappa shape index (κ1) is 14.7. The Morgan fingerprint density at radius 1 is 1.22 bits per heavy atom. The molecule has 0 aliphatic rings. The van der Waals surface area contributed by atoms with Crippen LogP contribution in [-0.4, -0.2) is 10.9 Å². The molecule has 0 radical (unpaired) electrons. The lowest BCUT2D eigenvalue weighted by molar-refractivity contribution is -0.116.